The average molecular weight is 598 g/mol. The Labute approximate surface area is 264 Å². The first kappa shape index (κ1) is 28.8. The molecule has 0 aliphatic carbocycles. The van der Waals surface area contributed by atoms with Gasteiger partial charge < -0.3 is 19.3 Å². The minimum absolute atomic E-state index is 0.0250. The van der Waals surface area contributed by atoms with Crippen LogP contribution in [0.15, 0.2) is 103 Å². The number of hydrogen-bond acceptors (Lipinski definition) is 4. The first-order valence-corrected chi connectivity index (χ1v) is 15.9. The van der Waals surface area contributed by atoms with E-state index in [9.17, 15) is 9.59 Å². The third-order valence-corrected chi connectivity index (χ3v) is 9.35. The predicted molar refractivity (Wildman–Crippen MR) is 179 cm³/mol. The summed E-state index contributed by atoms with van der Waals surface area (Å²) in [5.41, 5.74) is 5.95. The fraction of sp³-hybridized carbons (Fsp3) is 0.289. The van der Waals surface area contributed by atoms with Crippen molar-refractivity contribution < 1.29 is 9.59 Å². The molecule has 7 nitrogen and oxygen atoms in total. The molecule has 4 heterocycles. The van der Waals surface area contributed by atoms with Crippen LogP contribution in [0.2, 0.25) is 0 Å². The number of carbonyl (C=O) groups excluding carboxylic acids is 2. The molecule has 2 unspecified atom stereocenters. The molecule has 0 spiro atoms. The molecule has 7 rings (SSSR count). The molecule has 0 radical (unpaired) electrons. The molecule has 0 saturated carbocycles. The topological polar surface area (TPSA) is 61.7 Å². The Balaban J connectivity index is 1.34. The summed E-state index contributed by atoms with van der Waals surface area (Å²) in [5.74, 6) is 1.09. The number of amides is 2. The number of rotatable bonds is 7. The van der Waals surface area contributed by atoms with Gasteiger partial charge in [0.25, 0.3) is 5.91 Å². The van der Waals surface area contributed by atoms with E-state index < -0.39 is 12.1 Å². The molecular weight excluding hydrogens is 558 g/mol. The SMILES string of the molecule is CC(C)CC(C(=O)N1CCN(c2ccccn2)CC1)N1C(=O)c2ccccc2C1c1c(-c2ccccc2)n(C)c2ccccc12. The molecule has 2 atom stereocenters. The number of nitrogens with zero attached hydrogens (tertiary/aromatic N) is 5. The normalized spacial score (nSPS) is 17.3. The quantitative estimate of drug-likeness (QED) is 0.214. The highest BCUT2D eigenvalue weighted by Gasteiger charge is 2.47. The summed E-state index contributed by atoms with van der Waals surface area (Å²) in [4.78, 5) is 39.8. The number of benzene rings is 3. The predicted octanol–water partition coefficient (Wildman–Crippen LogP) is 6.55. The third kappa shape index (κ3) is 5.06. The van der Waals surface area contributed by atoms with Gasteiger partial charge in [0.15, 0.2) is 0 Å². The molecule has 2 amide bonds. The van der Waals surface area contributed by atoms with Crippen molar-refractivity contribution in [3.8, 4) is 11.3 Å². The van der Waals surface area contributed by atoms with Crippen molar-refractivity contribution >= 4 is 28.5 Å². The van der Waals surface area contributed by atoms with Gasteiger partial charge in [-0.15, -0.1) is 0 Å². The summed E-state index contributed by atoms with van der Waals surface area (Å²) >= 11 is 0. The number of anilines is 1. The van der Waals surface area contributed by atoms with E-state index in [2.05, 4.69) is 89.9 Å². The first-order valence-electron chi connectivity index (χ1n) is 15.9. The minimum Gasteiger partial charge on any atom is -0.353 e. The summed E-state index contributed by atoms with van der Waals surface area (Å²) in [6.45, 7) is 6.86. The van der Waals surface area contributed by atoms with Gasteiger partial charge in [-0.1, -0.05) is 86.6 Å². The zero-order valence-electron chi connectivity index (χ0n) is 26.1. The van der Waals surface area contributed by atoms with Gasteiger partial charge in [0.05, 0.1) is 11.7 Å². The van der Waals surface area contributed by atoms with Crippen LogP contribution in [0.4, 0.5) is 5.82 Å². The lowest BCUT2D eigenvalue weighted by Gasteiger charge is -2.40. The lowest BCUT2D eigenvalue weighted by molar-refractivity contribution is -0.137. The third-order valence-electron chi connectivity index (χ3n) is 9.35. The molecule has 45 heavy (non-hydrogen) atoms. The maximum Gasteiger partial charge on any atom is 0.255 e. The van der Waals surface area contributed by atoms with Gasteiger partial charge >= 0.3 is 0 Å². The van der Waals surface area contributed by atoms with Crippen molar-refractivity contribution in [2.45, 2.75) is 32.4 Å². The smallest absolute Gasteiger partial charge is 0.255 e. The van der Waals surface area contributed by atoms with Crippen molar-refractivity contribution in [3.05, 3.63) is 120 Å². The van der Waals surface area contributed by atoms with E-state index in [4.69, 9.17) is 0 Å². The van der Waals surface area contributed by atoms with Crippen LogP contribution in [0.5, 0.6) is 0 Å². The highest BCUT2D eigenvalue weighted by Crippen LogP contribution is 2.48. The largest absolute Gasteiger partial charge is 0.353 e. The van der Waals surface area contributed by atoms with E-state index in [-0.39, 0.29) is 17.7 Å². The second kappa shape index (κ2) is 11.9. The molecule has 1 saturated heterocycles. The van der Waals surface area contributed by atoms with E-state index >= 15 is 0 Å². The van der Waals surface area contributed by atoms with Crippen molar-refractivity contribution in [1.29, 1.82) is 0 Å². The van der Waals surface area contributed by atoms with Crippen LogP contribution in [-0.2, 0) is 11.8 Å². The van der Waals surface area contributed by atoms with Crippen molar-refractivity contribution in [2.75, 3.05) is 31.1 Å². The van der Waals surface area contributed by atoms with Crippen LogP contribution < -0.4 is 4.90 Å². The standard InChI is InChI=1S/C38H39N5O2/c1-26(2)25-32(38(45)42-23-21-41(22-24-42)33-19-11-12-20-39-33)43-36(28-15-7-8-16-29(28)37(43)44)34-30-17-9-10-18-31(30)40(3)35(34)27-13-5-4-6-14-27/h4-20,26,32,36H,21-25H2,1-3H3. The Morgan fingerprint density at radius 3 is 2.27 bits per heavy atom. The van der Waals surface area contributed by atoms with Crippen LogP contribution in [0.25, 0.3) is 22.2 Å². The second-order valence-electron chi connectivity index (χ2n) is 12.6. The van der Waals surface area contributed by atoms with Crippen LogP contribution in [0.1, 0.15) is 47.8 Å². The number of para-hydroxylation sites is 1. The van der Waals surface area contributed by atoms with E-state index in [1.807, 2.05) is 52.3 Å². The first-order chi connectivity index (χ1) is 21.9. The Morgan fingerprint density at radius 2 is 1.53 bits per heavy atom. The number of fused-ring (bicyclic) bond motifs is 2. The fourth-order valence-electron chi connectivity index (χ4n) is 7.28. The van der Waals surface area contributed by atoms with Gasteiger partial charge in [-0.2, -0.15) is 0 Å². The van der Waals surface area contributed by atoms with E-state index in [1.165, 1.54) is 0 Å². The van der Waals surface area contributed by atoms with Gasteiger partial charge in [0.2, 0.25) is 5.91 Å². The Hall–Kier alpha value is -4.91. The average Bonchev–Trinajstić information content (AvgIpc) is 3.54. The van der Waals surface area contributed by atoms with Gasteiger partial charge in [0, 0.05) is 61.5 Å². The number of piperazine rings is 1. The summed E-state index contributed by atoms with van der Waals surface area (Å²) in [6, 6.07) is 31.6. The molecule has 0 N–H and O–H groups in total. The van der Waals surface area contributed by atoms with Crippen molar-refractivity contribution in [3.63, 3.8) is 0 Å². The summed E-state index contributed by atoms with van der Waals surface area (Å²) in [7, 11) is 2.10. The second-order valence-corrected chi connectivity index (χ2v) is 12.6. The number of hydrogen-bond donors (Lipinski definition) is 0. The molecule has 0 bridgehead atoms. The van der Waals surface area contributed by atoms with Gasteiger partial charge in [-0.05, 0) is 47.7 Å². The zero-order chi connectivity index (χ0) is 31.1. The van der Waals surface area contributed by atoms with Crippen LogP contribution >= 0.6 is 0 Å². The zero-order valence-corrected chi connectivity index (χ0v) is 26.1. The molecule has 2 aliphatic heterocycles. The Morgan fingerprint density at radius 1 is 0.844 bits per heavy atom. The number of pyridine rings is 1. The van der Waals surface area contributed by atoms with Crippen LogP contribution in [-0.4, -0.2) is 63.4 Å². The highest BCUT2D eigenvalue weighted by molar-refractivity contribution is 6.04. The maximum absolute atomic E-state index is 14.7. The highest BCUT2D eigenvalue weighted by atomic mass is 16.2. The fourth-order valence-corrected chi connectivity index (χ4v) is 7.28. The number of carbonyl (C=O) groups is 2. The van der Waals surface area contributed by atoms with Crippen LogP contribution in [0.3, 0.4) is 0 Å². The van der Waals surface area contributed by atoms with Gasteiger partial charge in [-0.25, -0.2) is 4.98 Å². The number of aromatic nitrogens is 2. The van der Waals surface area contributed by atoms with E-state index in [0.717, 1.165) is 39.1 Å². The van der Waals surface area contributed by atoms with E-state index in [1.54, 1.807) is 6.20 Å². The molecule has 2 aromatic heterocycles. The minimum atomic E-state index is -0.598. The lowest BCUT2D eigenvalue weighted by Crippen LogP contribution is -2.56. The molecule has 2 aliphatic rings. The molecule has 228 valence electrons. The molecule has 1 fully saturated rings. The van der Waals surface area contributed by atoms with Crippen LogP contribution in [0, 0.1) is 5.92 Å². The summed E-state index contributed by atoms with van der Waals surface area (Å²) in [5, 5.41) is 1.10. The lowest BCUT2D eigenvalue weighted by atomic mass is 9.91. The summed E-state index contributed by atoms with van der Waals surface area (Å²) < 4.78 is 2.24. The monoisotopic (exact) mass is 597 g/mol. The molecule has 5 aromatic rings. The Kier molecular flexibility index (Phi) is 7.61. The van der Waals surface area contributed by atoms with Crippen molar-refractivity contribution in [1.82, 2.24) is 19.4 Å². The van der Waals surface area contributed by atoms with Gasteiger partial charge in [0.1, 0.15) is 11.9 Å². The molecular formula is C38H39N5O2. The Bertz CT molecular complexity index is 1840. The maximum atomic E-state index is 14.7. The molecule has 3 aromatic carbocycles. The molecule has 7 heteroatoms. The van der Waals surface area contributed by atoms with Crippen molar-refractivity contribution in [2.24, 2.45) is 13.0 Å². The number of aryl methyl sites for hydroxylation is 1. The van der Waals surface area contributed by atoms with Gasteiger partial charge in [-0.3, -0.25) is 9.59 Å². The summed E-state index contributed by atoms with van der Waals surface area (Å²) in [6.07, 6.45) is 2.39. The van der Waals surface area contributed by atoms with E-state index in [0.29, 0.717) is 38.2 Å².